The van der Waals surface area contributed by atoms with Crippen LogP contribution in [-0.4, -0.2) is 14.8 Å². The lowest BCUT2D eigenvalue weighted by Crippen LogP contribution is -2.17. The van der Waals surface area contributed by atoms with Gasteiger partial charge in [-0.05, 0) is 31.4 Å². The zero-order valence-electron chi connectivity index (χ0n) is 11.8. The summed E-state index contributed by atoms with van der Waals surface area (Å²) in [6.45, 7) is 2.08. The molecule has 0 bridgehead atoms. The molecule has 4 rings (SSSR count). The summed E-state index contributed by atoms with van der Waals surface area (Å²) in [5, 5.41) is 12.4. The number of hydrogen-bond acceptors (Lipinski definition) is 3. The van der Waals surface area contributed by atoms with E-state index < -0.39 is 0 Å². The van der Waals surface area contributed by atoms with Crippen molar-refractivity contribution in [1.29, 1.82) is 0 Å². The maximum Gasteiger partial charge on any atom is 0.156 e. The average Bonchev–Trinajstić information content (AvgIpc) is 3.16. The monoisotopic (exact) mass is 268 g/mol. The molecule has 0 spiro atoms. The Kier molecular flexibility index (Phi) is 2.76. The Morgan fingerprint density at radius 1 is 1.15 bits per heavy atom. The predicted octanol–water partition coefficient (Wildman–Crippen LogP) is 3.41. The fraction of sp³-hybridized carbons (Fsp3) is 0.500. The Bertz CT molecular complexity index is 600. The van der Waals surface area contributed by atoms with E-state index in [4.69, 9.17) is 0 Å². The maximum atomic E-state index is 4.48. The van der Waals surface area contributed by atoms with Crippen LogP contribution in [0.5, 0.6) is 0 Å². The lowest BCUT2D eigenvalue weighted by molar-refractivity contribution is 0.475. The molecule has 2 aliphatic rings. The van der Waals surface area contributed by atoms with Crippen LogP contribution in [0.15, 0.2) is 24.3 Å². The van der Waals surface area contributed by atoms with Crippen LogP contribution in [0.4, 0.5) is 5.69 Å². The number of aryl methyl sites for hydroxylation is 1. The molecular formula is C16H20N4. The van der Waals surface area contributed by atoms with Crippen LogP contribution in [0, 0.1) is 6.92 Å². The summed E-state index contributed by atoms with van der Waals surface area (Å²) in [5.74, 6) is 2.18. The van der Waals surface area contributed by atoms with Gasteiger partial charge in [-0.1, -0.05) is 31.0 Å². The molecule has 1 aromatic heterocycles. The van der Waals surface area contributed by atoms with Crippen LogP contribution in [0.25, 0.3) is 0 Å². The van der Waals surface area contributed by atoms with E-state index >= 15 is 0 Å². The van der Waals surface area contributed by atoms with Crippen molar-refractivity contribution in [3.8, 4) is 0 Å². The van der Waals surface area contributed by atoms with E-state index in [1.807, 2.05) is 0 Å². The van der Waals surface area contributed by atoms with Gasteiger partial charge in [0.1, 0.15) is 5.82 Å². The van der Waals surface area contributed by atoms with Crippen molar-refractivity contribution in [2.45, 2.75) is 51.1 Å². The number of nitrogens with one attached hydrogen (secondary N) is 1. The van der Waals surface area contributed by atoms with Gasteiger partial charge in [-0.25, -0.2) is 0 Å². The molecule has 20 heavy (non-hydrogen) atoms. The molecule has 1 aromatic carbocycles. The lowest BCUT2D eigenvalue weighted by Gasteiger charge is -2.19. The van der Waals surface area contributed by atoms with Gasteiger partial charge in [0.15, 0.2) is 5.82 Å². The zero-order chi connectivity index (χ0) is 13.5. The summed E-state index contributed by atoms with van der Waals surface area (Å²) < 4.78 is 2.39. The summed E-state index contributed by atoms with van der Waals surface area (Å²) in [4.78, 5) is 0. The summed E-state index contributed by atoms with van der Waals surface area (Å²) in [5.41, 5.74) is 2.63. The van der Waals surface area contributed by atoms with E-state index in [1.165, 1.54) is 36.9 Å². The van der Waals surface area contributed by atoms with Crippen molar-refractivity contribution in [3.63, 3.8) is 0 Å². The van der Waals surface area contributed by atoms with E-state index in [0.717, 1.165) is 18.1 Å². The third-order valence-electron chi connectivity index (χ3n) is 4.67. The zero-order valence-corrected chi connectivity index (χ0v) is 11.8. The fourth-order valence-electron chi connectivity index (χ4n) is 3.69. The van der Waals surface area contributed by atoms with Crippen molar-refractivity contribution in [1.82, 2.24) is 14.8 Å². The minimum Gasteiger partial charge on any atom is -0.375 e. The van der Waals surface area contributed by atoms with Crippen LogP contribution < -0.4 is 5.32 Å². The van der Waals surface area contributed by atoms with Crippen molar-refractivity contribution >= 4 is 5.69 Å². The molecule has 4 heteroatoms. The van der Waals surface area contributed by atoms with Gasteiger partial charge in [-0.2, -0.15) is 0 Å². The first-order valence-electron chi connectivity index (χ1n) is 7.59. The van der Waals surface area contributed by atoms with Crippen LogP contribution >= 0.6 is 0 Å². The van der Waals surface area contributed by atoms with Gasteiger partial charge in [0.05, 0.1) is 6.04 Å². The van der Waals surface area contributed by atoms with E-state index in [-0.39, 0.29) is 6.04 Å². The Balaban J connectivity index is 1.67. The first-order chi connectivity index (χ1) is 9.83. The Hall–Kier alpha value is -1.84. The van der Waals surface area contributed by atoms with Crippen LogP contribution in [0.1, 0.15) is 55.0 Å². The Labute approximate surface area is 119 Å². The van der Waals surface area contributed by atoms with E-state index in [1.54, 1.807) is 0 Å². The van der Waals surface area contributed by atoms with Gasteiger partial charge in [0, 0.05) is 18.2 Å². The van der Waals surface area contributed by atoms with Crippen LogP contribution in [-0.2, 0) is 6.42 Å². The van der Waals surface area contributed by atoms with Gasteiger partial charge in [0.2, 0.25) is 0 Å². The predicted molar refractivity (Wildman–Crippen MR) is 78.8 cm³/mol. The summed E-state index contributed by atoms with van der Waals surface area (Å²) in [6.07, 6.45) is 6.22. The highest BCUT2D eigenvalue weighted by molar-refractivity contribution is 5.57. The molecule has 1 aliphatic heterocycles. The molecule has 1 fully saturated rings. The third kappa shape index (κ3) is 1.82. The van der Waals surface area contributed by atoms with E-state index in [0.29, 0.717) is 6.04 Å². The van der Waals surface area contributed by atoms with Crippen LogP contribution in [0.2, 0.25) is 0 Å². The smallest absolute Gasteiger partial charge is 0.156 e. The van der Waals surface area contributed by atoms with Crippen LogP contribution in [0.3, 0.4) is 0 Å². The number of nitrogens with zero attached hydrogens (tertiary/aromatic N) is 3. The normalized spacial score (nSPS) is 21.9. The van der Waals surface area contributed by atoms with Gasteiger partial charge in [-0.3, -0.25) is 0 Å². The van der Waals surface area contributed by atoms with Crippen molar-refractivity contribution in [3.05, 3.63) is 41.5 Å². The highest BCUT2D eigenvalue weighted by Gasteiger charge is 2.30. The summed E-state index contributed by atoms with van der Waals surface area (Å²) in [7, 11) is 0. The number of anilines is 1. The Morgan fingerprint density at radius 2 is 1.95 bits per heavy atom. The quantitative estimate of drug-likeness (QED) is 0.907. The highest BCUT2D eigenvalue weighted by Crippen LogP contribution is 2.37. The summed E-state index contributed by atoms with van der Waals surface area (Å²) in [6, 6.07) is 9.42. The van der Waals surface area contributed by atoms with Crippen molar-refractivity contribution in [2.75, 3.05) is 5.32 Å². The molecule has 2 aromatic rings. The third-order valence-corrected chi connectivity index (χ3v) is 4.67. The standard InChI is InChI=1S/C16H20N4/c1-11-18-19-16(20(11)13-7-3-4-8-13)15-10-12-6-2-5-9-14(12)17-15/h2,5-6,9,13,15,17H,3-4,7-8,10H2,1H3. The number of benzene rings is 1. The molecule has 104 valence electrons. The second-order valence-corrected chi connectivity index (χ2v) is 5.97. The molecule has 1 aliphatic carbocycles. The second kappa shape index (κ2) is 4.62. The molecule has 1 atom stereocenters. The molecule has 1 N–H and O–H groups in total. The lowest BCUT2D eigenvalue weighted by atomic mass is 10.1. The Morgan fingerprint density at radius 3 is 2.75 bits per heavy atom. The minimum atomic E-state index is 0.272. The molecule has 0 saturated heterocycles. The number of aromatic nitrogens is 3. The van der Waals surface area contributed by atoms with E-state index in [2.05, 4.69) is 51.3 Å². The van der Waals surface area contributed by atoms with Gasteiger partial charge < -0.3 is 9.88 Å². The van der Waals surface area contributed by atoms with Crippen molar-refractivity contribution < 1.29 is 0 Å². The number of para-hydroxylation sites is 1. The fourth-order valence-corrected chi connectivity index (χ4v) is 3.69. The molecule has 1 unspecified atom stereocenters. The molecule has 0 radical (unpaired) electrons. The van der Waals surface area contributed by atoms with Gasteiger partial charge in [0.25, 0.3) is 0 Å². The highest BCUT2D eigenvalue weighted by atomic mass is 15.3. The SMILES string of the molecule is Cc1nnc(C2Cc3ccccc3N2)n1C1CCCC1. The average molecular weight is 268 g/mol. The number of rotatable bonds is 2. The molecule has 2 heterocycles. The largest absolute Gasteiger partial charge is 0.375 e. The minimum absolute atomic E-state index is 0.272. The second-order valence-electron chi connectivity index (χ2n) is 5.97. The summed E-state index contributed by atoms with van der Waals surface area (Å²) >= 11 is 0. The number of hydrogen-bond donors (Lipinski definition) is 1. The van der Waals surface area contributed by atoms with E-state index in [9.17, 15) is 0 Å². The number of fused-ring (bicyclic) bond motifs is 1. The first-order valence-corrected chi connectivity index (χ1v) is 7.59. The maximum absolute atomic E-state index is 4.48. The molecule has 1 saturated carbocycles. The molecule has 0 amide bonds. The molecule has 4 nitrogen and oxygen atoms in total. The van der Waals surface area contributed by atoms with Crippen molar-refractivity contribution in [2.24, 2.45) is 0 Å². The topological polar surface area (TPSA) is 42.7 Å². The molecular weight excluding hydrogens is 248 g/mol. The van der Waals surface area contributed by atoms with Gasteiger partial charge in [-0.15, -0.1) is 10.2 Å². The first kappa shape index (κ1) is 11.9. The van der Waals surface area contributed by atoms with Gasteiger partial charge >= 0.3 is 0 Å².